The molecule has 60 heavy (non-hydrogen) atoms. The van der Waals surface area contributed by atoms with Crippen LogP contribution >= 0.6 is 0 Å². The quantitative estimate of drug-likeness (QED) is 0.184. The molecule has 17 heteroatoms. The van der Waals surface area contributed by atoms with E-state index in [4.69, 9.17) is 4.98 Å². The predicted octanol–water partition coefficient (Wildman–Crippen LogP) is 3.88. The second kappa shape index (κ2) is 15.9. The van der Waals surface area contributed by atoms with Crippen LogP contribution in [-0.2, 0) is 16.1 Å². The Labute approximate surface area is 345 Å². The Morgan fingerprint density at radius 1 is 0.867 bits per heavy atom. The van der Waals surface area contributed by atoms with Gasteiger partial charge in [-0.2, -0.15) is 4.98 Å². The topological polar surface area (TPSA) is 183 Å². The number of aromatic nitrogens is 4. The van der Waals surface area contributed by atoms with Gasteiger partial charge in [0.05, 0.1) is 28.6 Å². The van der Waals surface area contributed by atoms with E-state index in [1.165, 1.54) is 13.0 Å². The average Bonchev–Trinajstić information content (AvgIpc) is 3.86. The Balaban J connectivity index is 0.785. The summed E-state index contributed by atoms with van der Waals surface area (Å²) in [4.78, 5) is 98.2. The molecule has 1 aromatic carbocycles. The number of hydrogen-bond acceptors (Lipinski definition) is 13. The zero-order valence-electron chi connectivity index (χ0n) is 33.7. The second-order valence-corrected chi connectivity index (χ2v) is 16.6. The molecular weight excluding hydrogens is 772 g/mol. The van der Waals surface area contributed by atoms with Gasteiger partial charge in [-0.05, 0) is 69.7 Å². The number of Topliss-reactive ketones (excluding diaryl/α,β-unsaturated/α-hetero) is 1. The van der Waals surface area contributed by atoms with Crippen LogP contribution in [-0.4, -0.2) is 115 Å². The number of nitrogens with one attached hydrogen (secondary N) is 2. The van der Waals surface area contributed by atoms with Crippen molar-refractivity contribution in [2.24, 2.45) is 0 Å². The highest BCUT2D eigenvalue weighted by molar-refractivity contribution is 6.23. The molecule has 4 aliphatic heterocycles. The van der Waals surface area contributed by atoms with Crippen LogP contribution in [0.2, 0.25) is 0 Å². The number of ketones is 1. The average molecular weight is 819 g/mol. The Hall–Kier alpha value is -5.94. The van der Waals surface area contributed by atoms with Crippen LogP contribution in [0, 0.1) is 12.7 Å². The number of carbonyl (C=O) groups is 5. The third kappa shape index (κ3) is 7.12. The summed E-state index contributed by atoms with van der Waals surface area (Å²) in [5.41, 5.74) is 2.02. The highest BCUT2D eigenvalue weighted by Gasteiger charge is 2.46. The molecule has 9 rings (SSSR count). The minimum absolute atomic E-state index is 0.00287. The highest BCUT2D eigenvalue weighted by Crippen LogP contribution is 2.34. The van der Waals surface area contributed by atoms with Gasteiger partial charge >= 0.3 is 0 Å². The number of anilines is 3. The second-order valence-electron chi connectivity index (χ2n) is 16.6. The first-order chi connectivity index (χ1) is 29.0. The summed E-state index contributed by atoms with van der Waals surface area (Å²) in [6.45, 7) is 8.34. The molecule has 0 spiro atoms. The van der Waals surface area contributed by atoms with Gasteiger partial charge in [0.2, 0.25) is 17.8 Å². The number of nitrogens with zero attached hydrogens (tertiary/aromatic N) is 8. The van der Waals surface area contributed by atoms with Crippen LogP contribution in [0.5, 0.6) is 0 Å². The van der Waals surface area contributed by atoms with Gasteiger partial charge in [0.1, 0.15) is 23.3 Å². The third-order valence-corrected chi connectivity index (χ3v) is 13.0. The van der Waals surface area contributed by atoms with Crippen molar-refractivity contribution in [1.82, 2.24) is 39.5 Å². The standard InChI is InChI=1S/C43H47FN10O6/c1-24-31-22-46-43(49-38(31)53(28-5-3-4-6-28)41(59)35(24)25(2)55)47-33-11-8-29(21-45-33)51-15-13-27(14-16-51)52-19-17-50(18-20-52)23-26-7-9-30-36(37(26)44)42(60)54(40(30)58)32-10-12-34(56)48-39(32)57/h7-9,11,21-22,27-28,32H,3-6,10,12-20,23H2,1-2H3,(H,48,56,57)(H,45,46,47,49). The van der Waals surface area contributed by atoms with E-state index in [-0.39, 0.29) is 46.9 Å². The summed E-state index contributed by atoms with van der Waals surface area (Å²) in [5.74, 6) is -2.84. The minimum atomic E-state index is -1.14. The van der Waals surface area contributed by atoms with Crippen LogP contribution < -0.4 is 21.1 Å². The SMILES string of the molecule is CC(=O)c1c(C)c2cnc(Nc3ccc(N4CCC(N5CCN(Cc6ccc7c(c6F)C(=O)N(C6CCC(=O)NC6=O)C7=O)CC5)CC4)cn3)nc2n(C2CCCC2)c1=O. The first kappa shape index (κ1) is 39.5. The lowest BCUT2D eigenvalue weighted by Crippen LogP contribution is -2.54. The summed E-state index contributed by atoms with van der Waals surface area (Å²) in [6, 6.07) is 6.21. The molecule has 1 atom stereocenters. The lowest BCUT2D eigenvalue weighted by atomic mass is 10.0. The van der Waals surface area contributed by atoms with E-state index in [1.54, 1.807) is 23.8 Å². The van der Waals surface area contributed by atoms with Gasteiger partial charge in [0.25, 0.3) is 17.4 Å². The number of benzene rings is 1. The fraction of sp³-hybridized carbons (Fsp3) is 0.465. The lowest BCUT2D eigenvalue weighted by molar-refractivity contribution is -0.136. The Kier molecular flexibility index (Phi) is 10.5. The van der Waals surface area contributed by atoms with Gasteiger partial charge in [-0.15, -0.1) is 0 Å². The lowest BCUT2D eigenvalue weighted by Gasteiger charge is -2.43. The summed E-state index contributed by atoms with van der Waals surface area (Å²) < 4.78 is 17.6. The van der Waals surface area contributed by atoms with Crippen molar-refractivity contribution < 1.29 is 28.4 Å². The van der Waals surface area contributed by atoms with E-state index in [2.05, 4.69) is 35.3 Å². The predicted molar refractivity (Wildman–Crippen MR) is 219 cm³/mol. The van der Waals surface area contributed by atoms with Crippen molar-refractivity contribution in [1.29, 1.82) is 0 Å². The van der Waals surface area contributed by atoms with Crippen molar-refractivity contribution in [3.63, 3.8) is 0 Å². The van der Waals surface area contributed by atoms with Crippen LogP contribution in [0.1, 0.15) is 107 Å². The number of hydrogen-bond donors (Lipinski definition) is 2. The molecule has 7 heterocycles. The first-order valence-electron chi connectivity index (χ1n) is 20.9. The van der Waals surface area contributed by atoms with Gasteiger partial charge in [0, 0.05) is 81.5 Å². The summed E-state index contributed by atoms with van der Waals surface area (Å²) in [6.07, 6.45) is 9.29. The van der Waals surface area contributed by atoms with Crippen molar-refractivity contribution >= 4 is 57.9 Å². The molecule has 1 aliphatic carbocycles. The molecule has 1 saturated carbocycles. The van der Waals surface area contributed by atoms with Gasteiger partial charge in [0.15, 0.2) is 5.78 Å². The van der Waals surface area contributed by atoms with E-state index < -0.39 is 35.5 Å². The number of halogens is 1. The molecule has 5 aliphatic rings. The smallest absolute Gasteiger partial charge is 0.265 e. The molecule has 4 fully saturated rings. The largest absolute Gasteiger partial charge is 0.370 e. The van der Waals surface area contributed by atoms with E-state index in [9.17, 15) is 28.8 Å². The minimum Gasteiger partial charge on any atom is -0.370 e. The molecule has 312 valence electrons. The van der Waals surface area contributed by atoms with E-state index >= 15 is 4.39 Å². The zero-order chi connectivity index (χ0) is 41.8. The van der Waals surface area contributed by atoms with Gasteiger partial charge in [-0.1, -0.05) is 18.9 Å². The van der Waals surface area contributed by atoms with E-state index in [0.29, 0.717) is 46.5 Å². The van der Waals surface area contributed by atoms with Gasteiger partial charge < -0.3 is 10.2 Å². The summed E-state index contributed by atoms with van der Waals surface area (Å²) >= 11 is 0. The number of aryl methyl sites for hydroxylation is 1. The maximum absolute atomic E-state index is 15.9. The van der Waals surface area contributed by atoms with E-state index in [1.807, 2.05) is 18.3 Å². The number of amides is 4. The van der Waals surface area contributed by atoms with Crippen molar-refractivity contribution in [2.75, 3.05) is 49.5 Å². The molecule has 4 amide bonds. The van der Waals surface area contributed by atoms with Crippen LogP contribution in [0.25, 0.3) is 11.0 Å². The number of pyridine rings is 2. The molecule has 4 aromatic rings. The summed E-state index contributed by atoms with van der Waals surface area (Å²) in [7, 11) is 0. The van der Waals surface area contributed by atoms with Gasteiger partial charge in [-0.3, -0.25) is 53.4 Å². The van der Waals surface area contributed by atoms with Crippen LogP contribution in [0.3, 0.4) is 0 Å². The normalized spacial score (nSPS) is 20.9. The zero-order valence-corrected chi connectivity index (χ0v) is 33.7. The number of rotatable bonds is 9. The first-order valence-corrected chi connectivity index (χ1v) is 20.9. The highest BCUT2D eigenvalue weighted by atomic mass is 19.1. The molecule has 3 aromatic heterocycles. The molecule has 0 radical (unpaired) electrons. The molecule has 2 N–H and O–H groups in total. The number of piperidine rings is 2. The number of carbonyl (C=O) groups excluding carboxylic acids is 5. The maximum atomic E-state index is 15.9. The summed E-state index contributed by atoms with van der Waals surface area (Å²) in [5, 5.41) is 6.06. The van der Waals surface area contributed by atoms with Crippen molar-refractivity contribution in [3.8, 4) is 0 Å². The molecular formula is C43H47FN10O6. The monoisotopic (exact) mass is 818 g/mol. The van der Waals surface area contributed by atoms with E-state index in [0.717, 1.165) is 88.4 Å². The van der Waals surface area contributed by atoms with Crippen molar-refractivity contribution in [2.45, 2.75) is 89.9 Å². The van der Waals surface area contributed by atoms with Crippen LogP contribution in [0.15, 0.2) is 41.5 Å². The Bertz CT molecular complexity index is 2490. The number of imide groups is 2. The Morgan fingerprint density at radius 3 is 2.30 bits per heavy atom. The fourth-order valence-electron chi connectivity index (χ4n) is 9.77. The Morgan fingerprint density at radius 2 is 1.62 bits per heavy atom. The molecule has 3 saturated heterocycles. The van der Waals surface area contributed by atoms with Crippen LogP contribution in [0.4, 0.5) is 21.8 Å². The fourth-order valence-corrected chi connectivity index (χ4v) is 9.77. The number of fused-ring (bicyclic) bond motifs is 2. The molecule has 0 bridgehead atoms. The maximum Gasteiger partial charge on any atom is 0.265 e. The molecule has 1 unspecified atom stereocenters. The third-order valence-electron chi connectivity index (χ3n) is 13.0. The van der Waals surface area contributed by atoms with Crippen molar-refractivity contribution in [3.05, 3.63) is 80.6 Å². The molecule has 16 nitrogen and oxygen atoms in total. The van der Waals surface area contributed by atoms with Gasteiger partial charge in [-0.25, -0.2) is 14.4 Å². The number of piperazine rings is 1.